The number of benzene rings is 1. The minimum atomic E-state index is -3.81. The smallest absolute Gasteiger partial charge is 0.241 e. The Labute approximate surface area is 155 Å². The molecule has 2 aromatic rings. The van der Waals surface area contributed by atoms with Gasteiger partial charge in [-0.3, -0.25) is 4.90 Å². The van der Waals surface area contributed by atoms with E-state index in [1.807, 2.05) is 12.1 Å². The van der Waals surface area contributed by atoms with Crippen LogP contribution >= 0.6 is 0 Å². The van der Waals surface area contributed by atoms with Crippen LogP contribution in [0, 0.1) is 0 Å². The zero-order valence-corrected chi connectivity index (χ0v) is 15.9. The Bertz CT molecular complexity index is 854. The summed E-state index contributed by atoms with van der Waals surface area (Å²) in [5.41, 5.74) is 2.39. The van der Waals surface area contributed by atoms with E-state index in [0.29, 0.717) is 12.6 Å². The summed E-state index contributed by atoms with van der Waals surface area (Å²) in [6.07, 6.45) is 5.34. The Morgan fingerprint density at radius 2 is 1.96 bits per heavy atom. The van der Waals surface area contributed by atoms with Crippen LogP contribution in [-0.2, 0) is 23.1 Å². The number of hydrogen-bond acceptors (Lipinski definition) is 5. The van der Waals surface area contributed by atoms with Crippen LogP contribution in [0.3, 0.4) is 0 Å². The number of nitrogens with one attached hydrogen (secondary N) is 1. The topological polar surface area (TPSA) is 88.3 Å². The van der Waals surface area contributed by atoms with Gasteiger partial charge in [-0.05, 0) is 49.6 Å². The molecule has 3 rings (SSSR count). The van der Waals surface area contributed by atoms with Crippen molar-refractivity contribution in [3.05, 3.63) is 53.7 Å². The van der Waals surface area contributed by atoms with E-state index >= 15 is 0 Å². The molecule has 0 saturated carbocycles. The summed E-state index contributed by atoms with van der Waals surface area (Å²) in [6.45, 7) is 4.81. The fourth-order valence-corrected chi connectivity index (χ4v) is 4.09. The van der Waals surface area contributed by atoms with Crippen LogP contribution in [0.2, 0.25) is 0 Å². The van der Waals surface area contributed by atoms with Crippen LogP contribution < -0.4 is 10.5 Å². The molecule has 0 amide bonds. The highest BCUT2D eigenvalue weighted by atomic mass is 32.2. The first kappa shape index (κ1) is 18.8. The molecule has 1 atom stereocenters. The van der Waals surface area contributed by atoms with Crippen molar-refractivity contribution in [3.8, 4) is 0 Å². The zero-order valence-electron chi connectivity index (χ0n) is 15.1. The van der Waals surface area contributed by atoms with Crippen molar-refractivity contribution in [2.45, 2.75) is 50.2 Å². The molecule has 1 aromatic heterocycles. The number of nitrogens with two attached hydrogens (primary N) is 1. The van der Waals surface area contributed by atoms with Gasteiger partial charge in [-0.25, -0.2) is 18.5 Å². The predicted octanol–water partition coefficient (Wildman–Crippen LogP) is 2.72. The van der Waals surface area contributed by atoms with Gasteiger partial charge in [0.05, 0.1) is 0 Å². The predicted molar refractivity (Wildman–Crippen MR) is 103 cm³/mol. The van der Waals surface area contributed by atoms with Crippen LogP contribution in [-0.4, -0.2) is 30.9 Å². The molecule has 7 heteroatoms. The van der Waals surface area contributed by atoms with E-state index in [9.17, 15) is 8.42 Å². The molecule has 1 aliphatic rings. The van der Waals surface area contributed by atoms with E-state index in [0.717, 1.165) is 18.7 Å². The first-order chi connectivity index (χ1) is 12.4. The van der Waals surface area contributed by atoms with Gasteiger partial charge in [-0.1, -0.05) is 30.7 Å². The van der Waals surface area contributed by atoms with Gasteiger partial charge < -0.3 is 5.32 Å². The van der Waals surface area contributed by atoms with Crippen molar-refractivity contribution >= 4 is 15.8 Å². The van der Waals surface area contributed by atoms with Crippen LogP contribution in [0.15, 0.2) is 47.5 Å². The van der Waals surface area contributed by atoms with Crippen LogP contribution in [0.1, 0.15) is 37.3 Å². The monoisotopic (exact) mass is 374 g/mol. The van der Waals surface area contributed by atoms with E-state index in [1.165, 1.54) is 30.9 Å². The molecule has 1 aromatic carbocycles. The van der Waals surface area contributed by atoms with Crippen LogP contribution in [0.25, 0.3) is 0 Å². The van der Waals surface area contributed by atoms with Crippen LogP contribution in [0.4, 0.5) is 5.82 Å². The fourth-order valence-electron chi connectivity index (χ4n) is 3.43. The standard InChI is InChI=1S/C19H26N4O2S/c1-15-7-4-5-12-23(15)14-17-9-3-2-8-16(17)13-22-19-18(26(20,24)25)10-6-11-21-19/h2-3,6,8-11,15H,4-5,7,12-14H2,1H3,(H,21,22)(H2,20,24,25)/t15-/m0/s1. The van der Waals surface area contributed by atoms with Gasteiger partial charge in [-0.15, -0.1) is 0 Å². The summed E-state index contributed by atoms with van der Waals surface area (Å²) in [4.78, 5) is 6.67. The number of primary sulfonamides is 1. The number of piperidine rings is 1. The van der Waals surface area contributed by atoms with Gasteiger partial charge in [0.2, 0.25) is 10.0 Å². The fraction of sp³-hybridized carbons (Fsp3) is 0.421. The zero-order chi connectivity index (χ0) is 18.6. The molecule has 3 N–H and O–H groups in total. The first-order valence-electron chi connectivity index (χ1n) is 8.97. The number of rotatable bonds is 6. The maximum Gasteiger partial charge on any atom is 0.241 e. The van der Waals surface area contributed by atoms with Crippen molar-refractivity contribution in [2.75, 3.05) is 11.9 Å². The average Bonchev–Trinajstić information content (AvgIpc) is 2.62. The second-order valence-electron chi connectivity index (χ2n) is 6.83. The normalized spacial score (nSPS) is 18.6. The lowest BCUT2D eigenvalue weighted by Crippen LogP contribution is -2.37. The van der Waals surface area contributed by atoms with Gasteiger partial charge in [0.1, 0.15) is 10.7 Å². The third-order valence-corrected chi connectivity index (χ3v) is 5.90. The van der Waals surface area contributed by atoms with Crippen molar-refractivity contribution in [3.63, 3.8) is 0 Å². The third kappa shape index (κ3) is 4.60. The third-order valence-electron chi connectivity index (χ3n) is 4.96. The molecule has 1 saturated heterocycles. The molecule has 6 nitrogen and oxygen atoms in total. The molecular weight excluding hydrogens is 348 g/mol. The largest absolute Gasteiger partial charge is 0.365 e. The molecule has 140 valence electrons. The number of pyridine rings is 1. The number of likely N-dealkylation sites (tertiary alicyclic amines) is 1. The van der Waals surface area contributed by atoms with Crippen molar-refractivity contribution in [1.82, 2.24) is 9.88 Å². The van der Waals surface area contributed by atoms with Crippen molar-refractivity contribution < 1.29 is 8.42 Å². The molecule has 1 aliphatic heterocycles. The molecule has 0 aliphatic carbocycles. The van der Waals surface area contributed by atoms with E-state index < -0.39 is 10.0 Å². The summed E-state index contributed by atoms with van der Waals surface area (Å²) >= 11 is 0. The molecular formula is C19H26N4O2S. The lowest BCUT2D eigenvalue weighted by Gasteiger charge is -2.33. The molecule has 26 heavy (non-hydrogen) atoms. The Morgan fingerprint density at radius 3 is 2.69 bits per heavy atom. The summed E-state index contributed by atoms with van der Waals surface area (Å²) in [6, 6.07) is 11.9. The lowest BCUT2D eigenvalue weighted by molar-refractivity contribution is 0.152. The Balaban J connectivity index is 1.75. The van der Waals surface area contributed by atoms with Gasteiger partial charge >= 0.3 is 0 Å². The molecule has 1 fully saturated rings. The number of anilines is 1. The minimum Gasteiger partial charge on any atom is -0.365 e. The van der Waals surface area contributed by atoms with Crippen molar-refractivity contribution in [1.29, 1.82) is 0 Å². The minimum absolute atomic E-state index is 0.0159. The summed E-state index contributed by atoms with van der Waals surface area (Å²) in [7, 11) is -3.81. The number of sulfonamides is 1. The highest BCUT2D eigenvalue weighted by molar-refractivity contribution is 7.89. The average molecular weight is 375 g/mol. The second kappa shape index (κ2) is 8.16. The SMILES string of the molecule is C[C@H]1CCCCN1Cc1ccccc1CNc1ncccc1S(N)(=O)=O. The quantitative estimate of drug-likeness (QED) is 0.812. The Hall–Kier alpha value is -1.96. The summed E-state index contributed by atoms with van der Waals surface area (Å²) in [5, 5.41) is 8.42. The number of nitrogens with zero attached hydrogens (tertiary/aromatic N) is 2. The van der Waals surface area contributed by atoms with Gasteiger partial charge in [0.25, 0.3) is 0 Å². The van der Waals surface area contributed by atoms with E-state index in [-0.39, 0.29) is 10.7 Å². The Kier molecular flexibility index (Phi) is 5.90. The summed E-state index contributed by atoms with van der Waals surface area (Å²) < 4.78 is 23.4. The maximum atomic E-state index is 11.7. The maximum absolute atomic E-state index is 11.7. The van der Waals surface area contributed by atoms with Crippen LogP contribution in [0.5, 0.6) is 0 Å². The van der Waals surface area contributed by atoms with Gasteiger partial charge in [-0.2, -0.15) is 0 Å². The van der Waals surface area contributed by atoms with E-state index in [4.69, 9.17) is 5.14 Å². The highest BCUT2D eigenvalue weighted by Gasteiger charge is 2.19. The lowest BCUT2D eigenvalue weighted by atomic mass is 10.0. The van der Waals surface area contributed by atoms with E-state index in [1.54, 1.807) is 12.3 Å². The van der Waals surface area contributed by atoms with Gasteiger partial charge in [0, 0.05) is 25.3 Å². The van der Waals surface area contributed by atoms with E-state index in [2.05, 4.69) is 34.3 Å². The number of aromatic nitrogens is 1. The molecule has 0 unspecified atom stereocenters. The van der Waals surface area contributed by atoms with Gasteiger partial charge in [0.15, 0.2) is 0 Å². The molecule has 0 radical (unpaired) electrons. The molecule has 0 spiro atoms. The second-order valence-corrected chi connectivity index (χ2v) is 8.36. The molecule has 2 heterocycles. The summed E-state index contributed by atoms with van der Waals surface area (Å²) in [5.74, 6) is 0.288. The van der Waals surface area contributed by atoms with Crippen molar-refractivity contribution in [2.24, 2.45) is 5.14 Å². The number of hydrogen-bond donors (Lipinski definition) is 2. The first-order valence-corrected chi connectivity index (χ1v) is 10.5. The highest BCUT2D eigenvalue weighted by Crippen LogP contribution is 2.22. The Morgan fingerprint density at radius 1 is 1.19 bits per heavy atom. The molecule has 0 bridgehead atoms.